The second-order valence-corrected chi connectivity index (χ2v) is 11.1. The van der Waals surface area contributed by atoms with Gasteiger partial charge < -0.3 is 20.3 Å². The molecule has 0 atom stereocenters. The van der Waals surface area contributed by atoms with Crippen LogP contribution in [0.2, 0.25) is 0 Å². The molecule has 220 valence electrons. The maximum Gasteiger partial charge on any atom is 0.317 e. The van der Waals surface area contributed by atoms with E-state index in [1.165, 1.54) is 27.5 Å². The lowest BCUT2D eigenvalue weighted by molar-refractivity contribution is 0.0364. The molecule has 1 fully saturated rings. The third-order valence-corrected chi connectivity index (χ3v) is 8.00. The molecule has 0 unspecified atom stereocenters. The van der Waals surface area contributed by atoms with Crippen molar-refractivity contribution in [1.82, 2.24) is 20.4 Å². The molecule has 6 heteroatoms. The Morgan fingerprint density at radius 3 is 2.33 bits per heavy atom. The van der Waals surface area contributed by atoms with E-state index in [1.807, 2.05) is 11.0 Å². The van der Waals surface area contributed by atoms with Gasteiger partial charge in [-0.25, -0.2) is 4.79 Å². The van der Waals surface area contributed by atoms with Gasteiger partial charge >= 0.3 is 6.03 Å². The summed E-state index contributed by atoms with van der Waals surface area (Å²) in [6, 6.07) is 34.1. The number of nitrogens with one attached hydrogen (secondary N) is 2. The van der Waals surface area contributed by atoms with Gasteiger partial charge in [-0.15, -0.1) is 0 Å². The minimum absolute atomic E-state index is 0.00593. The summed E-state index contributed by atoms with van der Waals surface area (Å²) >= 11 is 0. The van der Waals surface area contributed by atoms with Gasteiger partial charge in [-0.05, 0) is 58.8 Å². The van der Waals surface area contributed by atoms with Crippen LogP contribution in [0.25, 0.3) is 10.8 Å². The molecule has 0 saturated carbocycles. The van der Waals surface area contributed by atoms with Crippen LogP contribution in [0, 0.1) is 0 Å². The summed E-state index contributed by atoms with van der Waals surface area (Å²) in [6.07, 6.45) is 2.73. The summed E-state index contributed by atoms with van der Waals surface area (Å²) in [5, 5.41) is 9.23. The first-order valence-corrected chi connectivity index (χ1v) is 15.4. The van der Waals surface area contributed by atoms with E-state index in [4.69, 9.17) is 4.74 Å². The highest BCUT2D eigenvalue weighted by Gasteiger charge is 2.16. The lowest BCUT2D eigenvalue weighted by Gasteiger charge is -2.28. The van der Waals surface area contributed by atoms with E-state index in [-0.39, 0.29) is 6.03 Å². The van der Waals surface area contributed by atoms with Crippen molar-refractivity contribution in [3.8, 4) is 0 Å². The van der Waals surface area contributed by atoms with E-state index in [2.05, 4.69) is 107 Å². The van der Waals surface area contributed by atoms with E-state index in [0.29, 0.717) is 13.1 Å². The summed E-state index contributed by atoms with van der Waals surface area (Å²) in [4.78, 5) is 17.8. The number of fused-ring (bicyclic) bond motifs is 1. The van der Waals surface area contributed by atoms with Gasteiger partial charge in [0.25, 0.3) is 0 Å². The first-order valence-electron chi connectivity index (χ1n) is 15.4. The van der Waals surface area contributed by atoms with Crippen LogP contribution in [0.5, 0.6) is 0 Å². The Balaban J connectivity index is 1.13. The van der Waals surface area contributed by atoms with Crippen molar-refractivity contribution in [2.75, 3.05) is 52.5 Å². The van der Waals surface area contributed by atoms with Gasteiger partial charge in [0, 0.05) is 45.8 Å². The number of hydrogen-bond donors (Lipinski definition) is 2. The monoisotopic (exact) mass is 564 g/mol. The number of carbonyl (C=O) groups is 1. The molecule has 0 aliphatic carbocycles. The third-order valence-electron chi connectivity index (χ3n) is 8.00. The molecule has 42 heavy (non-hydrogen) atoms. The number of urea groups is 1. The Kier molecular flexibility index (Phi) is 11.4. The van der Waals surface area contributed by atoms with Crippen LogP contribution in [0.4, 0.5) is 4.79 Å². The fraction of sp³-hybridized carbons (Fsp3) is 0.361. The predicted octanol–water partition coefficient (Wildman–Crippen LogP) is 5.65. The van der Waals surface area contributed by atoms with Crippen molar-refractivity contribution < 1.29 is 9.53 Å². The van der Waals surface area contributed by atoms with E-state index in [0.717, 1.165) is 77.3 Å². The number of hydrogen-bond acceptors (Lipinski definition) is 4. The SMILES string of the molecule is O=C(NCCc1cccc2ccccc12)N(CCCN1CCOCC1)Cc1ccc(CCNCc2ccccc2)cc1. The topological polar surface area (TPSA) is 56.8 Å². The number of benzene rings is 4. The molecule has 1 aliphatic heterocycles. The highest BCUT2D eigenvalue weighted by atomic mass is 16.5. The number of amides is 2. The average Bonchev–Trinajstić information content (AvgIpc) is 3.04. The molecular formula is C36H44N4O2. The molecule has 0 aromatic heterocycles. The largest absolute Gasteiger partial charge is 0.379 e. The summed E-state index contributed by atoms with van der Waals surface area (Å²) < 4.78 is 5.49. The van der Waals surface area contributed by atoms with Crippen LogP contribution in [0.3, 0.4) is 0 Å². The zero-order valence-corrected chi connectivity index (χ0v) is 24.6. The zero-order chi connectivity index (χ0) is 28.8. The highest BCUT2D eigenvalue weighted by molar-refractivity contribution is 5.85. The Morgan fingerprint density at radius 1 is 0.762 bits per heavy atom. The van der Waals surface area contributed by atoms with Crippen LogP contribution in [0.15, 0.2) is 97.1 Å². The second kappa shape index (κ2) is 16.1. The van der Waals surface area contributed by atoms with Gasteiger partial charge in [0.15, 0.2) is 0 Å². The summed E-state index contributed by atoms with van der Waals surface area (Å²) in [6.45, 7) is 8.28. The molecule has 0 bridgehead atoms. The van der Waals surface area contributed by atoms with Crippen molar-refractivity contribution in [3.05, 3.63) is 119 Å². The van der Waals surface area contributed by atoms with Crippen molar-refractivity contribution >= 4 is 16.8 Å². The van der Waals surface area contributed by atoms with Gasteiger partial charge in [0.1, 0.15) is 0 Å². The van der Waals surface area contributed by atoms with Crippen LogP contribution >= 0.6 is 0 Å². The maximum atomic E-state index is 13.4. The molecule has 1 aliphatic rings. The normalized spacial score (nSPS) is 13.7. The van der Waals surface area contributed by atoms with Gasteiger partial charge in [-0.2, -0.15) is 0 Å². The Bertz CT molecular complexity index is 1370. The van der Waals surface area contributed by atoms with Gasteiger partial charge in [-0.1, -0.05) is 97.1 Å². The van der Waals surface area contributed by atoms with E-state index >= 15 is 0 Å². The number of morpholine rings is 1. The molecular weight excluding hydrogens is 520 g/mol. The molecule has 6 nitrogen and oxygen atoms in total. The van der Waals surface area contributed by atoms with Crippen molar-refractivity contribution in [2.24, 2.45) is 0 Å². The van der Waals surface area contributed by atoms with Crippen LogP contribution in [0.1, 0.15) is 28.7 Å². The molecule has 1 saturated heterocycles. The van der Waals surface area contributed by atoms with Crippen LogP contribution < -0.4 is 10.6 Å². The van der Waals surface area contributed by atoms with Crippen LogP contribution in [-0.2, 0) is 30.7 Å². The molecule has 1 heterocycles. The molecule has 4 aromatic carbocycles. The summed E-state index contributed by atoms with van der Waals surface area (Å²) in [5.74, 6) is 0. The third kappa shape index (κ3) is 9.15. The first kappa shape index (κ1) is 29.8. The second-order valence-electron chi connectivity index (χ2n) is 11.1. The minimum atomic E-state index is 0.00593. The maximum absolute atomic E-state index is 13.4. The Hall–Kier alpha value is -3.71. The molecule has 2 amide bonds. The number of nitrogens with zero attached hydrogens (tertiary/aromatic N) is 2. The minimum Gasteiger partial charge on any atom is -0.379 e. The van der Waals surface area contributed by atoms with Gasteiger partial charge in [-0.3, -0.25) is 4.90 Å². The highest BCUT2D eigenvalue weighted by Crippen LogP contribution is 2.18. The van der Waals surface area contributed by atoms with E-state index < -0.39 is 0 Å². The predicted molar refractivity (Wildman–Crippen MR) is 172 cm³/mol. The Labute approximate surface area is 250 Å². The fourth-order valence-electron chi connectivity index (χ4n) is 5.58. The first-order chi connectivity index (χ1) is 20.7. The van der Waals surface area contributed by atoms with Crippen LogP contribution in [-0.4, -0.2) is 68.3 Å². The lowest BCUT2D eigenvalue weighted by Crippen LogP contribution is -2.42. The standard InChI is InChI=1S/C36H44N4O2/c41-36(38-21-19-34-12-6-11-33-10-4-5-13-35(33)34)40(23-7-22-39-24-26-42-27-25-39)29-32-16-14-30(15-17-32)18-20-37-28-31-8-2-1-3-9-31/h1-6,8-17,37H,7,18-29H2,(H,38,41). The summed E-state index contributed by atoms with van der Waals surface area (Å²) in [7, 11) is 0. The van der Waals surface area contributed by atoms with Gasteiger partial charge in [0.05, 0.1) is 13.2 Å². The fourth-order valence-corrected chi connectivity index (χ4v) is 5.58. The average molecular weight is 565 g/mol. The van der Waals surface area contributed by atoms with Crippen molar-refractivity contribution in [2.45, 2.75) is 32.4 Å². The molecule has 0 radical (unpaired) electrons. The number of carbonyl (C=O) groups excluding carboxylic acids is 1. The van der Waals surface area contributed by atoms with Crippen molar-refractivity contribution in [3.63, 3.8) is 0 Å². The molecule has 4 aromatic rings. The Morgan fingerprint density at radius 2 is 1.50 bits per heavy atom. The quantitative estimate of drug-likeness (QED) is 0.195. The molecule has 0 spiro atoms. The molecule has 2 N–H and O–H groups in total. The van der Waals surface area contributed by atoms with Gasteiger partial charge in [0.2, 0.25) is 0 Å². The zero-order valence-electron chi connectivity index (χ0n) is 24.6. The number of ether oxygens (including phenoxy) is 1. The number of rotatable bonds is 14. The molecule has 5 rings (SSSR count). The smallest absolute Gasteiger partial charge is 0.317 e. The lowest BCUT2D eigenvalue weighted by atomic mass is 10.0. The van der Waals surface area contributed by atoms with E-state index in [9.17, 15) is 4.79 Å². The summed E-state index contributed by atoms with van der Waals surface area (Å²) in [5.41, 5.74) is 5.03. The van der Waals surface area contributed by atoms with E-state index in [1.54, 1.807) is 0 Å². The van der Waals surface area contributed by atoms with Crippen molar-refractivity contribution in [1.29, 1.82) is 0 Å².